The van der Waals surface area contributed by atoms with Gasteiger partial charge in [0.25, 0.3) is 0 Å². The molecule has 3 rings (SSSR count). The van der Waals surface area contributed by atoms with E-state index in [4.69, 9.17) is 4.74 Å². The molecule has 6 heteroatoms. The number of fused-ring (bicyclic) bond motifs is 1. The Morgan fingerprint density at radius 1 is 1.00 bits per heavy atom. The lowest BCUT2D eigenvalue weighted by Crippen LogP contribution is -2.34. The van der Waals surface area contributed by atoms with Crippen LogP contribution in [0.1, 0.15) is 23.6 Å². The molecule has 0 heterocycles. The Bertz CT molecular complexity index is 1010. The Balaban J connectivity index is 1.83. The van der Waals surface area contributed by atoms with Gasteiger partial charge in [0.15, 0.2) is 0 Å². The van der Waals surface area contributed by atoms with Crippen LogP contribution in [0.4, 0.5) is 5.69 Å². The van der Waals surface area contributed by atoms with Crippen molar-refractivity contribution in [2.24, 2.45) is 0 Å². The Labute approximate surface area is 165 Å². The molecule has 0 radical (unpaired) electrons. The molecular weight excluding hydrogens is 373 g/mol. The van der Waals surface area contributed by atoms with Crippen LogP contribution in [-0.2, 0) is 15.9 Å². The normalized spacial score (nSPS) is 12.9. The number of hydrogen-bond donors (Lipinski definition) is 2. The Kier molecular flexibility index (Phi) is 6.21. The first-order valence-corrected chi connectivity index (χ1v) is 10.8. The minimum absolute atomic E-state index is 0.200. The van der Waals surface area contributed by atoms with E-state index in [2.05, 4.69) is 0 Å². The second-order valence-corrected chi connectivity index (χ2v) is 8.54. The number of benzene rings is 3. The lowest BCUT2D eigenvalue weighted by Gasteiger charge is -2.32. The van der Waals surface area contributed by atoms with Crippen molar-refractivity contribution in [1.82, 2.24) is 0 Å². The summed E-state index contributed by atoms with van der Waals surface area (Å²) in [7, 11) is -4.53. The van der Waals surface area contributed by atoms with Gasteiger partial charge < -0.3 is 14.5 Å². The van der Waals surface area contributed by atoms with E-state index in [9.17, 15) is 14.4 Å². The van der Waals surface area contributed by atoms with E-state index < -0.39 is 13.8 Å². The van der Waals surface area contributed by atoms with Crippen LogP contribution < -0.4 is 4.67 Å². The lowest BCUT2D eigenvalue weighted by molar-refractivity contribution is 0.110. The van der Waals surface area contributed by atoms with Gasteiger partial charge in [-0.25, -0.2) is 4.57 Å². The molecule has 0 saturated carbocycles. The fourth-order valence-electron chi connectivity index (χ4n) is 3.48. The number of anilines is 1. The van der Waals surface area contributed by atoms with Crippen LogP contribution in [0.5, 0.6) is 0 Å². The van der Waals surface area contributed by atoms with E-state index in [0.29, 0.717) is 12.3 Å². The first-order chi connectivity index (χ1) is 13.3. The van der Waals surface area contributed by atoms with Gasteiger partial charge in [0.05, 0.1) is 24.9 Å². The first kappa shape index (κ1) is 20.6. The summed E-state index contributed by atoms with van der Waals surface area (Å²) in [5.41, 5.74) is 3.57. The van der Waals surface area contributed by atoms with Crippen molar-refractivity contribution < 1.29 is 19.1 Å². The summed E-state index contributed by atoms with van der Waals surface area (Å²) in [6, 6.07) is 18.9. The molecule has 0 saturated heterocycles. The molecule has 28 heavy (non-hydrogen) atoms. The summed E-state index contributed by atoms with van der Waals surface area (Å²) < 4.78 is 19.3. The Morgan fingerprint density at radius 3 is 2.39 bits per heavy atom. The van der Waals surface area contributed by atoms with Gasteiger partial charge in [0, 0.05) is 0 Å². The van der Waals surface area contributed by atoms with E-state index in [1.54, 1.807) is 13.0 Å². The summed E-state index contributed by atoms with van der Waals surface area (Å²) in [6.07, 6.45) is 0. The van der Waals surface area contributed by atoms with Gasteiger partial charge >= 0.3 is 7.75 Å². The van der Waals surface area contributed by atoms with E-state index in [1.807, 2.05) is 68.4 Å². The molecule has 0 aliphatic heterocycles. The molecule has 148 valence electrons. The predicted octanol–water partition coefficient (Wildman–Crippen LogP) is 4.96. The third-order valence-electron chi connectivity index (χ3n) is 4.99. The SMILES string of the molecule is Cc1ccccc1COCC(C)N(c1ccc2ccccc2c1C)P(=O)(O)O. The summed E-state index contributed by atoms with van der Waals surface area (Å²) in [4.78, 5) is 20.1. The number of hydrogen-bond acceptors (Lipinski definition) is 2. The molecule has 1 atom stereocenters. The molecule has 5 nitrogen and oxygen atoms in total. The van der Waals surface area contributed by atoms with E-state index in [1.165, 1.54) is 4.67 Å². The molecule has 2 N–H and O–H groups in total. The average Bonchev–Trinajstić information content (AvgIpc) is 2.64. The second kappa shape index (κ2) is 8.46. The topological polar surface area (TPSA) is 70.0 Å². The van der Waals surface area contributed by atoms with Gasteiger partial charge in [0.1, 0.15) is 0 Å². The van der Waals surface area contributed by atoms with Crippen molar-refractivity contribution in [1.29, 1.82) is 0 Å². The summed E-state index contributed by atoms with van der Waals surface area (Å²) >= 11 is 0. The third-order valence-corrected chi connectivity index (χ3v) is 6.16. The minimum atomic E-state index is -4.53. The van der Waals surface area contributed by atoms with Gasteiger partial charge in [-0.3, -0.25) is 4.67 Å². The molecule has 0 amide bonds. The van der Waals surface area contributed by atoms with Crippen molar-refractivity contribution in [3.63, 3.8) is 0 Å². The number of ether oxygens (including phenoxy) is 1. The van der Waals surface area contributed by atoms with Gasteiger partial charge in [-0.05, 0) is 54.3 Å². The van der Waals surface area contributed by atoms with Gasteiger partial charge in [-0.1, -0.05) is 54.6 Å². The highest BCUT2D eigenvalue weighted by molar-refractivity contribution is 7.53. The highest BCUT2D eigenvalue weighted by Gasteiger charge is 2.32. The summed E-state index contributed by atoms with van der Waals surface area (Å²) in [5, 5.41) is 2.02. The van der Waals surface area contributed by atoms with Crippen molar-refractivity contribution in [2.75, 3.05) is 11.3 Å². The highest BCUT2D eigenvalue weighted by Crippen LogP contribution is 2.47. The number of rotatable bonds is 7. The maximum atomic E-state index is 12.3. The monoisotopic (exact) mass is 399 g/mol. The van der Waals surface area contributed by atoms with E-state index >= 15 is 0 Å². The molecule has 0 aromatic heterocycles. The zero-order valence-electron chi connectivity index (χ0n) is 16.4. The molecule has 1 unspecified atom stereocenters. The maximum absolute atomic E-state index is 12.3. The molecule has 0 bridgehead atoms. The molecule has 0 fully saturated rings. The number of aryl methyl sites for hydroxylation is 2. The van der Waals surface area contributed by atoms with Crippen LogP contribution in [0.25, 0.3) is 10.8 Å². The third kappa shape index (κ3) is 4.45. The van der Waals surface area contributed by atoms with Crippen LogP contribution in [0.3, 0.4) is 0 Å². The summed E-state index contributed by atoms with van der Waals surface area (Å²) in [6.45, 7) is 6.28. The zero-order chi connectivity index (χ0) is 20.3. The Morgan fingerprint density at radius 2 is 1.68 bits per heavy atom. The quantitative estimate of drug-likeness (QED) is 0.550. The zero-order valence-corrected chi connectivity index (χ0v) is 17.3. The minimum Gasteiger partial charge on any atom is -0.375 e. The van der Waals surface area contributed by atoms with Crippen LogP contribution >= 0.6 is 7.75 Å². The van der Waals surface area contributed by atoms with Gasteiger partial charge in [0.2, 0.25) is 0 Å². The molecule has 0 aliphatic carbocycles. The fraction of sp³-hybridized carbons (Fsp3) is 0.273. The summed E-state index contributed by atoms with van der Waals surface area (Å²) in [5.74, 6) is 0. The molecule has 3 aromatic rings. The van der Waals surface area contributed by atoms with Crippen molar-refractivity contribution in [2.45, 2.75) is 33.4 Å². The maximum Gasteiger partial charge on any atom is 0.430 e. The molecular formula is C22H26NO4P. The van der Waals surface area contributed by atoms with Crippen molar-refractivity contribution in [3.8, 4) is 0 Å². The Hall–Kier alpha value is -2.17. The smallest absolute Gasteiger partial charge is 0.375 e. The number of nitrogens with zero attached hydrogens (tertiary/aromatic N) is 1. The van der Waals surface area contributed by atoms with Crippen LogP contribution in [0.15, 0.2) is 60.7 Å². The first-order valence-electron chi connectivity index (χ1n) is 9.25. The van der Waals surface area contributed by atoms with Crippen LogP contribution in [-0.4, -0.2) is 22.4 Å². The van der Waals surface area contributed by atoms with Crippen molar-refractivity contribution in [3.05, 3.63) is 77.4 Å². The standard InChI is InChI=1S/C22H26NO4P/c1-16-8-4-5-10-20(16)15-27-14-17(2)23(28(24,25)26)22-13-12-19-9-6-7-11-21(19)18(22)3/h4-13,17H,14-15H2,1-3H3,(H2,24,25,26). The second-order valence-electron chi connectivity index (χ2n) is 7.08. The van der Waals surface area contributed by atoms with Crippen molar-refractivity contribution >= 4 is 24.2 Å². The predicted molar refractivity (Wildman–Crippen MR) is 114 cm³/mol. The van der Waals surface area contributed by atoms with Gasteiger partial charge in [-0.2, -0.15) is 0 Å². The van der Waals surface area contributed by atoms with E-state index in [0.717, 1.165) is 27.5 Å². The largest absolute Gasteiger partial charge is 0.430 e. The molecule has 0 spiro atoms. The van der Waals surface area contributed by atoms with Gasteiger partial charge in [-0.15, -0.1) is 0 Å². The lowest BCUT2D eigenvalue weighted by atomic mass is 10.0. The average molecular weight is 399 g/mol. The van der Waals surface area contributed by atoms with E-state index in [-0.39, 0.29) is 6.61 Å². The molecule has 3 aromatic carbocycles. The van der Waals surface area contributed by atoms with Crippen LogP contribution in [0, 0.1) is 13.8 Å². The molecule has 0 aliphatic rings. The van der Waals surface area contributed by atoms with Crippen LogP contribution in [0.2, 0.25) is 0 Å². The highest BCUT2D eigenvalue weighted by atomic mass is 31.2. The fourth-order valence-corrected chi connectivity index (χ4v) is 4.56.